The molecule has 1 heterocycles. The summed E-state index contributed by atoms with van der Waals surface area (Å²) in [6.45, 7) is 2.85. The fourth-order valence-corrected chi connectivity index (χ4v) is 3.75. The lowest BCUT2D eigenvalue weighted by atomic mass is 10.1. The van der Waals surface area contributed by atoms with Gasteiger partial charge in [-0.25, -0.2) is 4.68 Å². The predicted molar refractivity (Wildman–Crippen MR) is 134 cm³/mol. The number of benzene rings is 3. The number of rotatable bonds is 9. The smallest absolute Gasteiger partial charge is 0.227 e. The monoisotopic (exact) mass is 452 g/mol. The number of nitrogens with one attached hydrogen (secondary N) is 2. The van der Waals surface area contributed by atoms with Gasteiger partial charge < -0.3 is 10.6 Å². The van der Waals surface area contributed by atoms with Crippen LogP contribution in [0.3, 0.4) is 0 Å². The topological polar surface area (TPSA) is 76.0 Å². The summed E-state index contributed by atoms with van der Waals surface area (Å²) in [6, 6.07) is 29.5. The number of amides is 2. The highest BCUT2D eigenvalue weighted by Gasteiger charge is 2.14. The molecule has 0 saturated carbocycles. The third-order valence-electron chi connectivity index (χ3n) is 5.53. The molecule has 2 N–H and O–H groups in total. The van der Waals surface area contributed by atoms with Crippen molar-refractivity contribution in [1.82, 2.24) is 15.1 Å². The molecule has 4 aromatic rings. The van der Waals surface area contributed by atoms with E-state index in [4.69, 9.17) is 5.10 Å². The molecule has 34 heavy (non-hydrogen) atoms. The molecule has 0 aliphatic rings. The van der Waals surface area contributed by atoms with E-state index in [0.717, 1.165) is 27.9 Å². The van der Waals surface area contributed by atoms with E-state index in [9.17, 15) is 9.59 Å². The Bertz CT molecular complexity index is 1250. The van der Waals surface area contributed by atoms with Gasteiger partial charge in [-0.2, -0.15) is 5.10 Å². The first kappa shape index (κ1) is 23.0. The van der Waals surface area contributed by atoms with Gasteiger partial charge >= 0.3 is 0 Å². The van der Waals surface area contributed by atoms with Crippen LogP contribution in [0.4, 0.5) is 5.82 Å². The summed E-state index contributed by atoms with van der Waals surface area (Å²) in [4.78, 5) is 24.8. The third-order valence-corrected chi connectivity index (χ3v) is 5.53. The van der Waals surface area contributed by atoms with Crippen LogP contribution in [0, 0.1) is 6.92 Å². The number of nitrogens with zero attached hydrogens (tertiary/aromatic N) is 2. The van der Waals surface area contributed by atoms with Gasteiger partial charge in [-0.15, -0.1) is 0 Å². The fraction of sp³-hybridized carbons (Fsp3) is 0.179. The Morgan fingerprint density at radius 2 is 1.47 bits per heavy atom. The number of anilines is 1. The van der Waals surface area contributed by atoms with Crippen molar-refractivity contribution in [2.75, 3.05) is 11.9 Å². The summed E-state index contributed by atoms with van der Waals surface area (Å²) < 4.78 is 1.81. The lowest BCUT2D eigenvalue weighted by molar-refractivity contribution is -0.120. The number of carbonyl (C=O) groups is 2. The minimum Gasteiger partial charge on any atom is -0.355 e. The SMILES string of the molecule is Cc1ccccc1-c1cc(NC(=O)CCNC(=O)Cc2ccccc2)n(Cc2ccccc2)n1. The maximum atomic E-state index is 12.7. The van der Waals surface area contributed by atoms with E-state index in [1.807, 2.05) is 103 Å². The molecule has 172 valence electrons. The normalized spacial score (nSPS) is 10.6. The van der Waals surface area contributed by atoms with E-state index < -0.39 is 0 Å². The van der Waals surface area contributed by atoms with Crippen LogP contribution in [0.5, 0.6) is 0 Å². The minimum absolute atomic E-state index is 0.102. The van der Waals surface area contributed by atoms with Gasteiger partial charge in [-0.1, -0.05) is 84.9 Å². The molecular formula is C28H28N4O2. The van der Waals surface area contributed by atoms with E-state index in [-0.39, 0.29) is 24.8 Å². The molecule has 0 fully saturated rings. The van der Waals surface area contributed by atoms with Crippen molar-refractivity contribution in [1.29, 1.82) is 0 Å². The lowest BCUT2D eigenvalue weighted by Gasteiger charge is -2.10. The number of aromatic nitrogens is 2. The highest BCUT2D eigenvalue weighted by Crippen LogP contribution is 2.25. The van der Waals surface area contributed by atoms with Crippen molar-refractivity contribution in [3.63, 3.8) is 0 Å². The maximum absolute atomic E-state index is 12.7. The Kier molecular flexibility index (Phi) is 7.50. The molecule has 3 aromatic carbocycles. The Labute approximate surface area is 199 Å². The first-order valence-electron chi connectivity index (χ1n) is 11.4. The van der Waals surface area contributed by atoms with Gasteiger partial charge in [0.05, 0.1) is 18.7 Å². The predicted octanol–water partition coefficient (Wildman–Crippen LogP) is 4.59. The fourth-order valence-electron chi connectivity index (χ4n) is 3.75. The van der Waals surface area contributed by atoms with Crippen molar-refractivity contribution >= 4 is 17.6 Å². The van der Waals surface area contributed by atoms with Crippen molar-refractivity contribution in [3.05, 3.63) is 108 Å². The molecule has 0 aliphatic heterocycles. The van der Waals surface area contributed by atoms with Gasteiger partial charge in [-0.05, 0) is 23.6 Å². The molecule has 0 unspecified atom stereocenters. The standard InChI is InChI=1S/C28H28N4O2/c1-21-10-8-9-15-24(21)25-19-26(32(31-25)20-23-13-6-3-7-14-23)30-27(33)16-17-29-28(34)18-22-11-4-2-5-12-22/h2-15,19H,16-18,20H2,1H3,(H,29,34)(H,30,33). The van der Waals surface area contributed by atoms with Crippen LogP contribution in [0.2, 0.25) is 0 Å². The first-order valence-corrected chi connectivity index (χ1v) is 11.4. The first-order chi connectivity index (χ1) is 16.6. The van der Waals surface area contributed by atoms with Gasteiger partial charge in [0.25, 0.3) is 0 Å². The average Bonchev–Trinajstić information content (AvgIpc) is 3.22. The summed E-state index contributed by atoms with van der Waals surface area (Å²) in [7, 11) is 0. The molecule has 6 heteroatoms. The summed E-state index contributed by atoms with van der Waals surface area (Å²) >= 11 is 0. The molecule has 0 bridgehead atoms. The average molecular weight is 453 g/mol. The zero-order chi connectivity index (χ0) is 23.8. The number of hydrogen-bond acceptors (Lipinski definition) is 3. The quantitative estimate of drug-likeness (QED) is 0.390. The second kappa shape index (κ2) is 11.1. The molecular weight excluding hydrogens is 424 g/mol. The molecule has 0 spiro atoms. The largest absolute Gasteiger partial charge is 0.355 e. The Morgan fingerprint density at radius 1 is 0.824 bits per heavy atom. The molecule has 6 nitrogen and oxygen atoms in total. The molecule has 1 aromatic heterocycles. The van der Waals surface area contributed by atoms with Crippen molar-refractivity contribution in [2.24, 2.45) is 0 Å². The summed E-state index contributed by atoms with van der Waals surface area (Å²) in [5.41, 5.74) is 4.98. The third kappa shape index (κ3) is 6.19. The Morgan fingerprint density at radius 3 is 2.18 bits per heavy atom. The van der Waals surface area contributed by atoms with Crippen LogP contribution in [-0.2, 0) is 22.6 Å². The zero-order valence-electron chi connectivity index (χ0n) is 19.2. The highest BCUT2D eigenvalue weighted by atomic mass is 16.2. The number of hydrogen-bond donors (Lipinski definition) is 2. The van der Waals surface area contributed by atoms with Gasteiger partial charge in [0.2, 0.25) is 11.8 Å². The van der Waals surface area contributed by atoms with E-state index >= 15 is 0 Å². The van der Waals surface area contributed by atoms with Crippen LogP contribution in [0.1, 0.15) is 23.1 Å². The second-order valence-corrected chi connectivity index (χ2v) is 8.18. The van der Waals surface area contributed by atoms with Crippen LogP contribution < -0.4 is 10.6 Å². The maximum Gasteiger partial charge on any atom is 0.227 e. The van der Waals surface area contributed by atoms with E-state index in [2.05, 4.69) is 10.6 Å². The Hall–Kier alpha value is -4.19. The van der Waals surface area contributed by atoms with Crippen molar-refractivity contribution in [3.8, 4) is 11.3 Å². The van der Waals surface area contributed by atoms with E-state index in [1.54, 1.807) is 0 Å². The van der Waals surface area contributed by atoms with Crippen LogP contribution in [0.25, 0.3) is 11.3 Å². The van der Waals surface area contributed by atoms with Gasteiger partial charge in [0, 0.05) is 24.6 Å². The highest BCUT2D eigenvalue weighted by molar-refractivity contribution is 5.91. The van der Waals surface area contributed by atoms with Crippen LogP contribution in [-0.4, -0.2) is 28.1 Å². The van der Waals surface area contributed by atoms with Crippen molar-refractivity contribution < 1.29 is 9.59 Å². The molecule has 4 rings (SSSR count). The number of carbonyl (C=O) groups excluding carboxylic acids is 2. The molecule has 0 radical (unpaired) electrons. The van der Waals surface area contributed by atoms with Gasteiger partial charge in [0.15, 0.2) is 0 Å². The van der Waals surface area contributed by atoms with Gasteiger partial charge in [-0.3, -0.25) is 9.59 Å². The van der Waals surface area contributed by atoms with Crippen molar-refractivity contribution in [2.45, 2.75) is 26.3 Å². The second-order valence-electron chi connectivity index (χ2n) is 8.18. The zero-order valence-corrected chi connectivity index (χ0v) is 19.2. The van der Waals surface area contributed by atoms with Crippen LogP contribution in [0.15, 0.2) is 91.0 Å². The van der Waals surface area contributed by atoms with E-state index in [1.165, 1.54) is 0 Å². The summed E-state index contributed by atoms with van der Waals surface area (Å²) in [6.07, 6.45) is 0.475. The minimum atomic E-state index is -0.175. The molecule has 0 aliphatic carbocycles. The summed E-state index contributed by atoms with van der Waals surface area (Å²) in [5.74, 6) is 0.350. The van der Waals surface area contributed by atoms with Gasteiger partial charge in [0.1, 0.15) is 5.82 Å². The Balaban J connectivity index is 1.41. The molecule has 2 amide bonds. The van der Waals surface area contributed by atoms with Crippen LogP contribution >= 0.6 is 0 Å². The van der Waals surface area contributed by atoms with E-state index in [0.29, 0.717) is 18.8 Å². The molecule has 0 atom stereocenters. The number of aryl methyl sites for hydroxylation is 1. The lowest BCUT2D eigenvalue weighted by Crippen LogP contribution is -2.29. The summed E-state index contributed by atoms with van der Waals surface area (Å²) in [5, 5.41) is 10.6. The molecule has 0 saturated heterocycles.